The maximum absolute atomic E-state index is 10.7. The summed E-state index contributed by atoms with van der Waals surface area (Å²) in [6.45, 7) is 1.78. The molecule has 0 radical (unpaired) electrons. The van der Waals surface area contributed by atoms with E-state index in [4.69, 9.17) is 5.11 Å². The van der Waals surface area contributed by atoms with Crippen molar-refractivity contribution in [1.29, 1.82) is 0 Å². The summed E-state index contributed by atoms with van der Waals surface area (Å²) in [5.74, 6) is -0.419. The Labute approximate surface area is 115 Å². The molecule has 0 fully saturated rings. The van der Waals surface area contributed by atoms with E-state index in [1.165, 1.54) is 19.3 Å². The van der Waals surface area contributed by atoms with Crippen molar-refractivity contribution in [3.63, 3.8) is 0 Å². The van der Waals surface area contributed by atoms with Crippen LogP contribution in [0.1, 0.15) is 32.6 Å². The van der Waals surface area contributed by atoms with Gasteiger partial charge in [0.05, 0.1) is 19.3 Å². The van der Waals surface area contributed by atoms with Crippen LogP contribution in [0.4, 0.5) is 0 Å². The van der Waals surface area contributed by atoms with E-state index in [-0.39, 0.29) is 6.10 Å². The lowest BCUT2D eigenvalue weighted by atomic mass is 10.1. The van der Waals surface area contributed by atoms with Crippen LogP contribution < -0.4 is 0 Å². The second-order valence-corrected chi connectivity index (χ2v) is 4.32. The quantitative estimate of drug-likeness (QED) is 0.221. The van der Waals surface area contributed by atoms with Gasteiger partial charge in [-0.1, -0.05) is 30.4 Å². The molecule has 0 aromatic heterocycles. The molecule has 0 aliphatic heterocycles. The van der Waals surface area contributed by atoms with E-state index in [9.17, 15) is 9.90 Å². The van der Waals surface area contributed by atoms with E-state index in [2.05, 4.69) is 4.74 Å². The number of ether oxygens (including phenoxy) is 1. The van der Waals surface area contributed by atoms with Crippen molar-refractivity contribution in [3.05, 3.63) is 36.5 Å². The highest BCUT2D eigenvalue weighted by Gasteiger charge is 1.95. The molecule has 2 atom stereocenters. The third-order valence-electron chi connectivity index (χ3n) is 2.41. The van der Waals surface area contributed by atoms with Gasteiger partial charge in [-0.25, -0.2) is 4.79 Å². The SMILES string of the molecule is COC(=O)C=CC=CC(O)CC=CCCCC(C)O. The number of methoxy groups -OCH3 is 1. The summed E-state index contributed by atoms with van der Waals surface area (Å²) >= 11 is 0. The van der Waals surface area contributed by atoms with Crippen molar-refractivity contribution in [1.82, 2.24) is 0 Å². The molecule has 0 aliphatic carbocycles. The van der Waals surface area contributed by atoms with Crippen LogP contribution in [0.15, 0.2) is 36.5 Å². The van der Waals surface area contributed by atoms with Gasteiger partial charge < -0.3 is 14.9 Å². The van der Waals surface area contributed by atoms with Crippen LogP contribution in [0.2, 0.25) is 0 Å². The van der Waals surface area contributed by atoms with Gasteiger partial charge in [-0.15, -0.1) is 0 Å². The molecule has 0 aliphatic rings. The van der Waals surface area contributed by atoms with Crippen molar-refractivity contribution in [3.8, 4) is 0 Å². The number of unbranched alkanes of at least 4 members (excludes halogenated alkanes) is 1. The number of aliphatic hydroxyl groups excluding tert-OH is 2. The summed E-state index contributed by atoms with van der Waals surface area (Å²) in [6.07, 6.45) is 12.3. The molecular weight excluding hydrogens is 244 g/mol. The third-order valence-corrected chi connectivity index (χ3v) is 2.41. The monoisotopic (exact) mass is 268 g/mol. The van der Waals surface area contributed by atoms with E-state index in [1.54, 1.807) is 19.1 Å². The first-order valence-electron chi connectivity index (χ1n) is 6.50. The Kier molecular flexibility index (Phi) is 10.8. The van der Waals surface area contributed by atoms with Gasteiger partial charge in [0.15, 0.2) is 0 Å². The van der Waals surface area contributed by atoms with Crippen molar-refractivity contribution in [2.24, 2.45) is 0 Å². The average Bonchev–Trinajstić information content (AvgIpc) is 2.38. The van der Waals surface area contributed by atoms with Crippen LogP contribution in [0.25, 0.3) is 0 Å². The van der Waals surface area contributed by atoms with Crippen molar-refractivity contribution in [2.75, 3.05) is 7.11 Å². The minimum Gasteiger partial charge on any atom is -0.466 e. The first-order chi connectivity index (χ1) is 9.06. The summed E-state index contributed by atoms with van der Waals surface area (Å²) in [7, 11) is 1.31. The molecular formula is C15H24O4. The van der Waals surface area contributed by atoms with Gasteiger partial charge in [-0.2, -0.15) is 0 Å². The summed E-state index contributed by atoms with van der Waals surface area (Å²) in [5.41, 5.74) is 0. The molecule has 0 amide bonds. The Hall–Kier alpha value is -1.39. The lowest BCUT2D eigenvalue weighted by molar-refractivity contribution is -0.134. The predicted molar refractivity (Wildman–Crippen MR) is 75.6 cm³/mol. The van der Waals surface area contributed by atoms with E-state index >= 15 is 0 Å². The number of carbonyl (C=O) groups excluding carboxylic acids is 1. The highest BCUT2D eigenvalue weighted by Crippen LogP contribution is 2.02. The Morgan fingerprint density at radius 3 is 2.63 bits per heavy atom. The number of hydrogen-bond donors (Lipinski definition) is 2. The Bertz CT molecular complexity index is 316. The zero-order valence-electron chi connectivity index (χ0n) is 11.7. The second-order valence-electron chi connectivity index (χ2n) is 4.32. The van der Waals surface area contributed by atoms with Crippen LogP contribution in [-0.4, -0.2) is 35.5 Å². The molecule has 0 aromatic carbocycles. The minimum absolute atomic E-state index is 0.247. The Balaban J connectivity index is 3.71. The number of allylic oxidation sites excluding steroid dienone is 3. The first-order valence-corrected chi connectivity index (χ1v) is 6.50. The Morgan fingerprint density at radius 2 is 2.00 bits per heavy atom. The van der Waals surface area contributed by atoms with Crippen LogP contribution >= 0.6 is 0 Å². The number of aliphatic hydroxyl groups is 2. The van der Waals surface area contributed by atoms with Crippen LogP contribution in [0, 0.1) is 0 Å². The fourth-order valence-electron chi connectivity index (χ4n) is 1.36. The standard InChI is InChI=1S/C15H24O4/c1-13(16)9-5-3-4-6-10-14(17)11-7-8-12-15(18)19-2/h4,6-8,11-14,16-17H,3,5,9-10H2,1-2H3. The Morgan fingerprint density at radius 1 is 1.26 bits per heavy atom. The smallest absolute Gasteiger partial charge is 0.330 e. The van der Waals surface area contributed by atoms with Gasteiger partial charge in [0.2, 0.25) is 0 Å². The van der Waals surface area contributed by atoms with Gasteiger partial charge in [-0.05, 0) is 32.6 Å². The van der Waals surface area contributed by atoms with Crippen molar-refractivity contribution >= 4 is 5.97 Å². The van der Waals surface area contributed by atoms with Gasteiger partial charge in [0.1, 0.15) is 0 Å². The molecule has 2 unspecified atom stereocenters. The maximum Gasteiger partial charge on any atom is 0.330 e. The zero-order chi connectivity index (χ0) is 14.5. The third kappa shape index (κ3) is 12.9. The van der Waals surface area contributed by atoms with E-state index in [0.717, 1.165) is 19.3 Å². The zero-order valence-corrected chi connectivity index (χ0v) is 11.7. The molecule has 0 bridgehead atoms. The van der Waals surface area contributed by atoms with Crippen LogP contribution in [0.3, 0.4) is 0 Å². The molecule has 2 N–H and O–H groups in total. The molecule has 0 rings (SSSR count). The summed E-state index contributed by atoms with van der Waals surface area (Å²) < 4.78 is 4.43. The second kappa shape index (κ2) is 11.7. The summed E-state index contributed by atoms with van der Waals surface area (Å²) in [6, 6.07) is 0. The van der Waals surface area contributed by atoms with Crippen LogP contribution in [0.5, 0.6) is 0 Å². The van der Waals surface area contributed by atoms with Gasteiger partial charge in [0.25, 0.3) is 0 Å². The highest BCUT2D eigenvalue weighted by atomic mass is 16.5. The maximum atomic E-state index is 10.7. The lowest BCUT2D eigenvalue weighted by Crippen LogP contribution is -1.99. The highest BCUT2D eigenvalue weighted by molar-refractivity contribution is 5.82. The van der Waals surface area contributed by atoms with Crippen molar-refractivity contribution in [2.45, 2.75) is 44.8 Å². The number of carbonyl (C=O) groups is 1. The number of esters is 1. The molecule has 0 saturated heterocycles. The normalized spacial score (nSPS) is 15.4. The topological polar surface area (TPSA) is 66.8 Å². The first kappa shape index (κ1) is 17.6. The fourth-order valence-corrected chi connectivity index (χ4v) is 1.36. The number of hydrogen-bond acceptors (Lipinski definition) is 4. The van der Waals surface area contributed by atoms with E-state index < -0.39 is 12.1 Å². The molecule has 0 spiro atoms. The molecule has 0 saturated carbocycles. The number of rotatable bonds is 9. The van der Waals surface area contributed by atoms with E-state index in [1.807, 2.05) is 12.2 Å². The molecule has 4 nitrogen and oxygen atoms in total. The van der Waals surface area contributed by atoms with E-state index in [0.29, 0.717) is 6.42 Å². The van der Waals surface area contributed by atoms with Crippen molar-refractivity contribution < 1.29 is 19.7 Å². The summed E-state index contributed by atoms with van der Waals surface area (Å²) in [4.78, 5) is 10.7. The lowest BCUT2D eigenvalue weighted by Gasteiger charge is -2.01. The molecule has 108 valence electrons. The average molecular weight is 268 g/mol. The molecule has 0 heterocycles. The predicted octanol–water partition coefficient (Wildman–Crippen LogP) is 2.13. The molecule has 0 aromatic rings. The van der Waals surface area contributed by atoms with Gasteiger partial charge in [-0.3, -0.25) is 0 Å². The fraction of sp³-hybridized carbons (Fsp3) is 0.533. The van der Waals surface area contributed by atoms with Gasteiger partial charge in [0, 0.05) is 6.08 Å². The molecule has 19 heavy (non-hydrogen) atoms. The molecule has 4 heteroatoms. The van der Waals surface area contributed by atoms with Crippen LogP contribution in [-0.2, 0) is 9.53 Å². The largest absolute Gasteiger partial charge is 0.466 e. The summed E-state index contributed by atoms with van der Waals surface area (Å²) in [5, 5.41) is 18.7. The van der Waals surface area contributed by atoms with Gasteiger partial charge >= 0.3 is 5.97 Å². The minimum atomic E-state index is -0.560.